The molecule has 1 aromatic carbocycles. The van der Waals surface area contributed by atoms with E-state index >= 15 is 0 Å². The highest BCUT2D eigenvalue weighted by Gasteiger charge is 2.17. The van der Waals surface area contributed by atoms with Crippen molar-refractivity contribution in [2.45, 2.75) is 12.8 Å². The van der Waals surface area contributed by atoms with E-state index < -0.39 is 0 Å². The zero-order chi connectivity index (χ0) is 18.4. The lowest BCUT2D eigenvalue weighted by atomic mass is 10.1. The minimum Gasteiger partial charge on any atom is -0.341 e. The number of carbonyl (C=O) groups is 2. The number of nitrogens with one attached hydrogen (secondary N) is 1. The van der Waals surface area contributed by atoms with Crippen molar-refractivity contribution in [1.29, 1.82) is 0 Å². The number of thioether (sulfide) groups is 1. The van der Waals surface area contributed by atoms with Crippen molar-refractivity contribution in [1.82, 2.24) is 9.88 Å². The van der Waals surface area contributed by atoms with Gasteiger partial charge in [0.2, 0.25) is 5.91 Å². The summed E-state index contributed by atoms with van der Waals surface area (Å²) in [6.07, 6.45) is 1.07. The number of aromatic nitrogens is 1. The van der Waals surface area contributed by atoms with Gasteiger partial charge in [-0.1, -0.05) is 12.1 Å². The number of nitrogens with two attached hydrogens (primary N) is 1. The third-order valence-electron chi connectivity index (χ3n) is 4.07. The third-order valence-corrected chi connectivity index (χ3v) is 5.92. The molecule has 6 nitrogen and oxygen atoms in total. The van der Waals surface area contributed by atoms with E-state index in [-0.39, 0.29) is 24.2 Å². The Labute approximate surface area is 173 Å². The second-order valence-corrected chi connectivity index (χ2v) is 8.15. The predicted octanol–water partition coefficient (Wildman–Crippen LogP) is 2.44. The lowest BCUT2D eigenvalue weighted by Gasteiger charge is -2.26. The molecule has 1 aromatic heterocycles. The fourth-order valence-electron chi connectivity index (χ4n) is 2.65. The molecule has 1 aliphatic heterocycles. The van der Waals surface area contributed by atoms with Gasteiger partial charge in [0.15, 0.2) is 0 Å². The minimum atomic E-state index is -0.237. The minimum absolute atomic E-state index is 0. The van der Waals surface area contributed by atoms with Crippen molar-refractivity contribution >= 4 is 53.0 Å². The fraction of sp³-hybridized carbons (Fsp3) is 0.389. The molecule has 9 heteroatoms. The van der Waals surface area contributed by atoms with E-state index in [2.05, 4.69) is 10.3 Å². The molecule has 0 bridgehead atoms. The van der Waals surface area contributed by atoms with E-state index in [1.165, 1.54) is 11.3 Å². The van der Waals surface area contributed by atoms with Crippen LogP contribution in [0.25, 0.3) is 0 Å². The van der Waals surface area contributed by atoms with Gasteiger partial charge in [-0.2, -0.15) is 11.8 Å². The Kier molecular flexibility index (Phi) is 8.56. The van der Waals surface area contributed by atoms with E-state index in [0.29, 0.717) is 30.8 Å². The summed E-state index contributed by atoms with van der Waals surface area (Å²) in [5.74, 6) is 1.96. The molecule has 146 valence electrons. The van der Waals surface area contributed by atoms with Crippen LogP contribution < -0.4 is 11.1 Å². The van der Waals surface area contributed by atoms with Gasteiger partial charge < -0.3 is 16.0 Å². The molecule has 1 aliphatic rings. The second kappa shape index (κ2) is 10.7. The third kappa shape index (κ3) is 6.21. The lowest BCUT2D eigenvalue weighted by Crippen LogP contribution is -2.38. The highest BCUT2D eigenvalue weighted by atomic mass is 35.5. The Hall–Kier alpha value is -1.61. The van der Waals surface area contributed by atoms with Crippen LogP contribution in [-0.4, -0.2) is 52.8 Å². The Balaban J connectivity index is 0.00000261. The lowest BCUT2D eigenvalue weighted by molar-refractivity contribution is -0.130. The predicted molar refractivity (Wildman–Crippen MR) is 114 cm³/mol. The van der Waals surface area contributed by atoms with Crippen molar-refractivity contribution in [2.24, 2.45) is 5.73 Å². The van der Waals surface area contributed by atoms with Crippen molar-refractivity contribution in [3.8, 4) is 0 Å². The van der Waals surface area contributed by atoms with E-state index in [1.807, 2.05) is 40.9 Å². The molecule has 1 fully saturated rings. The molecule has 0 atom stereocenters. The number of nitrogens with zero attached hydrogens (tertiary/aromatic N) is 2. The molecule has 0 unspecified atom stereocenters. The van der Waals surface area contributed by atoms with Crippen LogP contribution in [0.5, 0.6) is 0 Å². The van der Waals surface area contributed by atoms with Gasteiger partial charge in [0.1, 0.15) is 5.69 Å². The first-order valence-corrected chi connectivity index (χ1v) is 10.6. The fourth-order valence-corrected chi connectivity index (χ4v) is 4.35. The molecule has 2 aromatic rings. The number of benzene rings is 1. The van der Waals surface area contributed by atoms with Gasteiger partial charge in [0.05, 0.1) is 11.4 Å². The average molecular weight is 427 g/mol. The van der Waals surface area contributed by atoms with Crippen molar-refractivity contribution in [2.75, 3.05) is 36.5 Å². The Morgan fingerprint density at radius 2 is 1.89 bits per heavy atom. The molecule has 2 amide bonds. The van der Waals surface area contributed by atoms with Gasteiger partial charge in [-0.05, 0) is 24.2 Å². The summed E-state index contributed by atoms with van der Waals surface area (Å²) >= 11 is 3.33. The van der Waals surface area contributed by atoms with Crippen LogP contribution in [0.4, 0.5) is 5.69 Å². The zero-order valence-electron chi connectivity index (χ0n) is 14.8. The molecule has 0 saturated carbocycles. The highest BCUT2D eigenvalue weighted by molar-refractivity contribution is 7.99. The van der Waals surface area contributed by atoms with Crippen LogP contribution in [0.15, 0.2) is 29.6 Å². The molecule has 27 heavy (non-hydrogen) atoms. The summed E-state index contributed by atoms with van der Waals surface area (Å²) in [7, 11) is 0. The van der Waals surface area contributed by atoms with Crippen LogP contribution in [0.1, 0.15) is 21.1 Å². The summed E-state index contributed by atoms with van der Waals surface area (Å²) in [4.78, 5) is 30.7. The van der Waals surface area contributed by atoms with Gasteiger partial charge in [0, 0.05) is 42.1 Å². The normalized spacial score (nSPS) is 13.7. The number of thiazole rings is 1. The quantitative estimate of drug-likeness (QED) is 0.740. The number of amides is 2. The van der Waals surface area contributed by atoms with E-state index in [4.69, 9.17) is 5.73 Å². The van der Waals surface area contributed by atoms with Crippen LogP contribution in [0.3, 0.4) is 0 Å². The largest absolute Gasteiger partial charge is 0.341 e. The SMILES string of the molecule is Cl.NCCc1nc(C(=O)Nc2ccc(CC(=O)N3CCSCC3)cc2)cs1. The maximum absolute atomic E-state index is 12.3. The number of rotatable bonds is 6. The zero-order valence-corrected chi connectivity index (χ0v) is 17.3. The Morgan fingerprint density at radius 3 is 2.56 bits per heavy atom. The van der Waals surface area contributed by atoms with Gasteiger partial charge in [-0.25, -0.2) is 4.98 Å². The smallest absolute Gasteiger partial charge is 0.275 e. The monoisotopic (exact) mass is 426 g/mol. The summed E-state index contributed by atoms with van der Waals surface area (Å²) < 4.78 is 0. The van der Waals surface area contributed by atoms with Crippen LogP contribution in [0.2, 0.25) is 0 Å². The van der Waals surface area contributed by atoms with Crippen LogP contribution in [0, 0.1) is 0 Å². The molecule has 0 spiro atoms. The highest BCUT2D eigenvalue weighted by Crippen LogP contribution is 2.16. The number of anilines is 1. The Morgan fingerprint density at radius 1 is 1.19 bits per heavy atom. The van der Waals surface area contributed by atoms with E-state index in [1.54, 1.807) is 5.38 Å². The van der Waals surface area contributed by atoms with Crippen LogP contribution in [-0.2, 0) is 17.6 Å². The van der Waals surface area contributed by atoms with Gasteiger partial charge >= 0.3 is 0 Å². The molecule has 0 radical (unpaired) electrons. The first-order valence-electron chi connectivity index (χ1n) is 8.56. The molecule has 3 N–H and O–H groups in total. The number of hydrogen-bond acceptors (Lipinski definition) is 6. The maximum atomic E-state index is 12.3. The first-order chi connectivity index (χ1) is 12.7. The Bertz CT molecular complexity index is 761. The number of carbonyl (C=O) groups excluding carboxylic acids is 2. The summed E-state index contributed by atoms with van der Waals surface area (Å²) in [5, 5.41) is 5.44. The van der Waals surface area contributed by atoms with Crippen molar-refractivity contribution in [3.05, 3.63) is 45.9 Å². The van der Waals surface area contributed by atoms with Crippen molar-refractivity contribution in [3.63, 3.8) is 0 Å². The van der Waals surface area contributed by atoms with E-state index in [9.17, 15) is 9.59 Å². The summed E-state index contributed by atoms with van der Waals surface area (Å²) in [5.41, 5.74) is 7.55. The molecule has 2 heterocycles. The second-order valence-electron chi connectivity index (χ2n) is 5.99. The number of halogens is 1. The standard InChI is InChI=1S/C18H22N4O2S2.ClH/c19-6-5-16-21-15(12-26-16)18(24)20-14-3-1-13(2-4-14)11-17(23)22-7-9-25-10-8-22;/h1-4,12H,5-11,19H2,(H,20,24);1H. The van der Waals surface area contributed by atoms with Gasteiger partial charge in [0.25, 0.3) is 5.91 Å². The summed E-state index contributed by atoms with van der Waals surface area (Å²) in [6.45, 7) is 2.18. The molecular formula is C18H23ClN4O2S2. The maximum Gasteiger partial charge on any atom is 0.275 e. The topological polar surface area (TPSA) is 88.3 Å². The number of hydrogen-bond donors (Lipinski definition) is 2. The molecule has 3 rings (SSSR count). The van der Waals surface area contributed by atoms with Crippen LogP contribution >= 0.6 is 35.5 Å². The molecule has 1 saturated heterocycles. The van der Waals surface area contributed by atoms with Gasteiger partial charge in [-0.15, -0.1) is 23.7 Å². The molecule has 0 aliphatic carbocycles. The van der Waals surface area contributed by atoms with Crippen molar-refractivity contribution < 1.29 is 9.59 Å². The average Bonchev–Trinajstić information content (AvgIpc) is 3.13. The molecular weight excluding hydrogens is 404 g/mol. The van der Waals surface area contributed by atoms with Gasteiger partial charge in [-0.3, -0.25) is 9.59 Å². The van der Waals surface area contributed by atoms with E-state index in [0.717, 1.165) is 35.2 Å². The summed E-state index contributed by atoms with van der Waals surface area (Å²) in [6, 6.07) is 7.40. The first kappa shape index (κ1) is 21.7.